The van der Waals surface area contributed by atoms with Crippen LogP contribution in [0.5, 0.6) is 0 Å². The van der Waals surface area contributed by atoms with Gasteiger partial charge in [0.2, 0.25) is 0 Å². The Bertz CT molecular complexity index is 1930. The summed E-state index contributed by atoms with van der Waals surface area (Å²) in [6, 6.07) is 10.7. The average Bonchev–Trinajstić information content (AvgIpc) is 3.33. The lowest BCUT2D eigenvalue weighted by molar-refractivity contribution is -0.269. The third-order valence-electron chi connectivity index (χ3n) is 6.96. The summed E-state index contributed by atoms with van der Waals surface area (Å²) in [4.78, 5) is 66.1. The topological polar surface area (TPSA) is 162 Å². The van der Waals surface area contributed by atoms with Crippen LogP contribution >= 0.6 is 27.7 Å². The summed E-state index contributed by atoms with van der Waals surface area (Å²) in [7, 11) is 0. The smallest absolute Gasteiger partial charge is 0.340 e. The van der Waals surface area contributed by atoms with Crippen molar-refractivity contribution in [3.05, 3.63) is 68.7 Å². The first kappa shape index (κ1) is 34.1. The van der Waals surface area contributed by atoms with Crippen LogP contribution in [-0.4, -0.2) is 64.5 Å². The van der Waals surface area contributed by atoms with Crippen LogP contribution in [0.1, 0.15) is 39.5 Å². The van der Waals surface area contributed by atoms with Crippen molar-refractivity contribution in [2.24, 2.45) is 0 Å². The Morgan fingerprint density at radius 1 is 0.915 bits per heavy atom. The molecule has 1 saturated heterocycles. The Balaban J connectivity index is 1.63. The van der Waals surface area contributed by atoms with E-state index in [1.165, 1.54) is 29.7 Å². The summed E-state index contributed by atoms with van der Waals surface area (Å²) >= 11 is 4.49. The number of esters is 4. The Morgan fingerprint density at radius 3 is 2.28 bits per heavy atom. The normalized spacial score (nSPS) is 20.9. The van der Waals surface area contributed by atoms with Gasteiger partial charge >= 0.3 is 29.5 Å². The zero-order chi connectivity index (χ0) is 34.0. The van der Waals surface area contributed by atoms with E-state index < -0.39 is 72.6 Å². The minimum Gasteiger partial charge on any atom is -0.463 e. The van der Waals surface area contributed by atoms with E-state index in [1.54, 1.807) is 24.3 Å². The van der Waals surface area contributed by atoms with Gasteiger partial charge in [0.25, 0.3) is 0 Å². The van der Waals surface area contributed by atoms with Gasteiger partial charge in [0.05, 0.1) is 11.0 Å². The molecule has 0 unspecified atom stereocenters. The third-order valence-corrected chi connectivity index (χ3v) is 8.46. The molecule has 4 aromatic rings. The number of imidazole rings is 1. The van der Waals surface area contributed by atoms with Gasteiger partial charge in [0.15, 0.2) is 29.7 Å². The van der Waals surface area contributed by atoms with Crippen LogP contribution in [0.15, 0.2) is 61.3 Å². The number of ether oxygens (including phenoxy) is 5. The fourth-order valence-electron chi connectivity index (χ4n) is 5.19. The van der Waals surface area contributed by atoms with Crippen molar-refractivity contribution in [3.63, 3.8) is 0 Å². The zero-order valence-corrected chi connectivity index (χ0v) is 27.8. The molecule has 1 aliphatic heterocycles. The maximum atomic E-state index is 14.4. The van der Waals surface area contributed by atoms with Crippen molar-refractivity contribution in [2.75, 3.05) is 6.61 Å². The van der Waals surface area contributed by atoms with Crippen LogP contribution in [0.25, 0.3) is 22.0 Å². The number of benzene rings is 2. The lowest BCUT2D eigenvalue weighted by Crippen LogP contribution is -2.60. The molecule has 0 amide bonds. The lowest BCUT2D eigenvalue weighted by Gasteiger charge is -2.45. The number of fused-ring (bicyclic) bond motifs is 2. The molecule has 248 valence electrons. The molecule has 5 rings (SSSR count). The highest BCUT2D eigenvalue weighted by Gasteiger charge is 2.53. The molecule has 0 radical (unpaired) electrons. The first-order valence-electron chi connectivity index (χ1n) is 14.1. The fourth-order valence-corrected chi connectivity index (χ4v) is 6.56. The third kappa shape index (κ3) is 7.82. The largest absolute Gasteiger partial charge is 0.463 e. The second-order valence-electron chi connectivity index (χ2n) is 10.5. The standard InChI is InChI=1S/C31H28BrFN2O11S/c1-14(36)41-12-25-26(42-15(2)37)27(43-16(3)38)28(44-17(4)39)29(45-25)35-23-7-6-21(33)11-22(23)34-31(35)47-13-19-9-18-10-20(32)5-8-24(18)46-30(19)40/h5-11,25-29H,12-13H2,1-4H3/t25-,26-,27+,28-,29-/m1/s1. The number of rotatable bonds is 9. The molecule has 13 nitrogen and oxygen atoms in total. The first-order valence-corrected chi connectivity index (χ1v) is 15.9. The quantitative estimate of drug-likeness (QED) is 0.102. The number of halogens is 2. The highest BCUT2D eigenvalue weighted by Crippen LogP contribution is 2.40. The maximum Gasteiger partial charge on any atom is 0.340 e. The molecular weight excluding hydrogens is 707 g/mol. The molecule has 3 heterocycles. The van der Waals surface area contributed by atoms with E-state index in [0.717, 1.165) is 37.0 Å². The molecule has 2 aromatic heterocycles. The zero-order valence-electron chi connectivity index (χ0n) is 25.4. The number of aromatic nitrogens is 2. The molecule has 2 aromatic carbocycles. The van der Waals surface area contributed by atoms with Crippen molar-refractivity contribution in [2.45, 2.75) is 69.2 Å². The van der Waals surface area contributed by atoms with Crippen molar-refractivity contribution in [3.8, 4) is 0 Å². The molecule has 0 spiro atoms. The van der Waals surface area contributed by atoms with Gasteiger partial charge in [-0.25, -0.2) is 14.2 Å². The van der Waals surface area contributed by atoms with Crippen molar-refractivity contribution < 1.29 is 51.7 Å². The molecule has 1 fully saturated rings. The van der Waals surface area contributed by atoms with E-state index in [2.05, 4.69) is 20.9 Å². The monoisotopic (exact) mass is 734 g/mol. The number of thioether (sulfide) groups is 1. The highest BCUT2D eigenvalue weighted by molar-refractivity contribution is 9.10. The number of carbonyl (C=O) groups is 4. The maximum absolute atomic E-state index is 14.4. The Hall–Kier alpha value is -4.28. The Kier molecular flexibility index (Phi) is 10.3. The molecule has 5 atom stereocenters. The van der Waals surface area contributed by atoms with Gasteiger partial charge in [-0.2, -0.15) is 0 Å². The van der Waals surface area contributed by atoms with Crippen LogP contribution in [0.2, 0.25) is 0 Å². The summed E-state index contributed by atoms with van der Waals surface area (Å²) in [6.45, 7) is 4.09. The van der Waals surface area contributed by atoms with Gasteiger partial charge < -0.3 is 28.1 Å². The number of hydrogen-bond acceptors (Lipinski definition) is 13. The summed E-state index contributed by atoms with van der Waals surface area (Å²) in [5.74, 6) is -3.56. The first-order chi connectivity index (χ1) is 22.3. The lowest BCUT2D eigenvalue weighted by atomic mass is 9.97. The molecule has 1 aliphatic rings. The second-order valence-corrected chi connectivity index (χ2v) is 12.4. The number of hydrogen-bond donors (Lipinski definition) is 0. The van der Waals surface area contributed by atoms with Gasteiger partial charge in [0.1, 0.15) is 24.1 Å². The average molecular weight is 736 g/mol. The van der Waals surface area contributed by atoms with Crippen LogP contribution in [0, 0.1) is 5.82 Å². The van der Waals surface area contributed by atoms with Gasteiger partial charge in [-0.3, -0.25) is 23.7 Å². The van der Waals surface area contributed by atoms with Crippen LogP contribution in [-0.2, 0) is 48.6 Å². The van der Waals surface area contributed by atoms with E-state index >= 15 is 0 Å². The van der Waals surface area contributed by atoms with E-state index in [-0.39, 0.29) is 16.4 Å². The fraction of sp³-hybridized carbons (Fsp3) is 0.355. The molecule has 0 saturated carbocycles. The van der Waals surface area contributed by atoms with Gasteiger partial charge in [-0.1, -0.05) is 27.7 Å². The minimum atomic E-state index is -1.45. The molecule has 47 heavy (non-hydrogen) atoms. The summed E-state index contributed by atoms with van der Waals surface area (Å²) < 4.78 is 50.4. The highest BCUT2D eigenvalue weighted by atomic mass is 79.9. The van der Waals surface area contributed by atoms with Crippen LogP contribution in [0.3, 0.4) is 0 Å². The second kappa shape index (κ2) is 14.2. The molecule has 16 heteroatoms. The summed E-state index contributed by atoms with van der Waals surface area (Å²) in [5.41, 5.74) is 0.631. The van der Waals surface area contributed by atoms with Crippen molar-refractivity contribution >= 4 is 73.6 Å². The Morgan fingerprint density at radius 2 is 1.60 bits per heavy atom. The van der Waals surface area contributed by atoms with Crippen LogP contribution < -0.4 is 5.63 Å². The predicted molar refractivity (Wildman–Crippen MR) is 167 cm³/mol. The van der Waals surface area contributed by atoms with E-state index in [4.69, 9.17) is 28.1 Å². The minimum absolute atomic E-state index is 0.0435. The predicted octanol–water partition coefficient (Wildman–Crippen LogP) is 4.59. The Labute approximate surface area is 278 Å². The number of nitrogens with zero attached hydrogens (tertiary/aromatic N) is 2. The van der Waals surface area contributed by atoms with E-state index in [1.807, 2.05) is 0 Å². The van der Waals surface area contributed by atoms with Crippen molar-refractivity contribution in [1.29, 1.82) is 0 Å². The van der Waals surface area contributed by atoms with Crippen LogP contribution in [0.4, 0.5) is 4.39 Å². The molecule has 0 bridgehead atoms. The number of carbonyl (C=O) groups excluding carboxylic acids is 4. The van der Waals surface area contributed by atoms with Gasteiger partial charge in [-0.05, 0) is 36.4 Å². The van der Waals surface area contributed by atoms with Gasteiger partial charge in [0, 0.05) is 54.9 Å². The van der Waals surface area contributed by atoms with Gasteiger partial charge in [-0.15, -0.1) is 0 Å². The molecule has 0 N–H and O–H groups in total. The van der Waals surface area contributed by atoms with Crippen molar-refractivity contribution in [1.82, 2.24) is 9.55 Å². The molecule has 0 aliphatic carbocycles. The van der Waals surface area contributed by atoms with E-state index in [0.29, 0.717) is 22.0 Å². The molecular formula is C31H28BrFN2O11S. The SMILES string of the molecule is CC(=O)OC[C@H]1O[C@@H](n2c(SCc3cc4cc(Br)ccc4oc3=O)nc3cc(F)ccc32)[C@H](OC(C)=O)[C@@H](OC(C)=O)[C@@H]1OC(C)=O. The van der Waals surface area contributed by atoms with E-state index in [9.17, 15) is 28.4 Å². The summed E-state index contributed by atoms with van der Waals surface area (Å²) in [6.07, 6.45) is -6.84. The summed E-state index contributed by atoms with van der Waals surface area (Å²) in [5, 5.41) is 0.866.